The average Bonchev–Trinajstić information content (AvgIpc) is 2.77. The molecule has 1 fully saturated rings. The number of aldehydes is 1. The third-order valence-electron chi connectivity index (χ3n) is 4.91. The second-order valence-corrected chi connectivity index (χ2v) is 6.83. The maximum absolute atomic E-state index is 12.3. The third kappa shape index (κ3) is 5.42. The number of nitrogens with one attached hydrogen (secondary N) is 1. The number of carbonyl (C=O) groups is 3. The van der Waals surface area contributed by atoms with Crippen LogP contribution in [-0.4, -0.2) is 42.7 Å². The van der Waals surface area contributed by atoms with Crippen LogP contribution in [0.5, 0.6) is 5.75 Å². The van der Waals surface area contributed by atoms with Crippen LogP contribution in [0.3, 0.4) is 0 Å². The molecule has 6 nitrogen and oxygen atoms in total. The summed E-state index contributed by atoms with van der Waals surface area (Å²) in [6.07, 6.45) is 2.07. The standard InChI is InChI=1S/C22H24N2O4/c25-15-18-6-8-20(9-7-18)28-16-21(26)24-12-10-19(11-13-24)22(27)23-14-17-4-2-1-3-5-17/h1-9,15,19H,10-14,16H2,(H,23,27). The van der Waals surface area contributed by atoms with Crippen LogP contribution in [0.25, 0.3) is 0 Å². The molecule has 6 heteroatoms. The lowest BCUT2D eigenvalue weighted by molar-refractivity contribution is -0.137. The van der Waals surface area contributed by atoms with Crippen LogP contribution >= 0.6 is 0 Å². The minimum Gasteiger partial charge on any atom is -0.484 e. The zero-order chi connectivity index (χ0) is 19.8. The SMILES string of the molecule is O=Cc1ccc(OCC(=O)N2CCC(C(=O)NCc3ccccc3)CC2)cc1. The number of nitrogens with zero attached hydrogens (tertiary/aromatic N) is 1. The molecule has 0 atom stereocenters. The zero-order valence-corrected chi connectivity index (χ0v) is 15.7. The lowest BCUT2D eigenvalue weighted by atomic mass is 9.96. The van der Waals surface area contributed by atoms with Gasteiger partial charge in [-0.2, -0.15) is 0 Å². The molecule has 1 aliphatic heterocycles. The summed E-state index contributed by atoms with van der Waals surface area (Å²) in [4.78, 5) is 37.1. The summed E-state index contributed by atoms with van der Waals surface area (Å²) in [5, 5.41) is 2.98. The van der Waals surface area contributed by atoms with Gasteiger partial charge < -0.3 is 15.0 Å². The quantitative estimate of drug-likeness (QED) is 0.749. The van der Waals surface area contributed by atoms with Crippen molar-refractivity contribution in [1.29, 1.82) is 0 Å². The molecule has 1 heterocycles. The predicted molar refractivity (Wildman–Crippen MR) is 105 cm³/mol. The molecule has 2 aromatic carbocycles. The van der Waals surface area contributed by atoms with Crippen molar-refractivity contribution in [2.24, 2.45) is 5.92 Å². The van der Waals surface area contributed by atoms with Crippen LogP contribution in [0.4, 0.5) is 0 Å². The van der Waals surface area contributed by atoms with Crippen molar-refractivity contribution in [2.75, 3.05) is 19.7 Å². The second-order valence-electron chi connectivity index (χ2n) is 6.83. The molecule has 3 rings (SSSR count). The van der Waals surface area contributed by atoms with Crippen LogP contribution in [0.2, 0.25) is 0 Å². The van der Waals surface area contributed by atoms with E-state index in [1.165, 1.54) is 0 Å². The maximum atomic E-state index is 12.3. The Bertz CT molecular complexity index is 797. The van der Waals surface area contributed by atoms with Crippen molar-refractivity contribution < 1.29 is 19.1 Å². The van der Waals surface area contributed by atoms with Gasteiger partial charge in [-0.15, -0.1) is 0 Å². The van der Waals surface area contributed by atoms with E-state index in [1.807, 2.05) is 30.3 Å². The molecule has 0 unspecified atom stereocenters. The van der Waals surface area contributed by atoms with Crippen molar-refractivity contribution in [1.82, 2.24) is 10.2 Å². The first-order valence-corrected chi connectivity index (χ1v) is 9.43. The molecule has 1 saturated heterocycles. The summed E-state index contributed by atoms with van der Waals surface area (Å²) in [5.41, 5.74) is 1.63. The highest BCUT2D eigenvalue weighted by Crippen LogP contribution is 2.18. The summed E-state index contributed by atoms with van der Waals surface area (Å²) < 4.78 is 5.50. The van der Waals surface area contributed by atoms with Gasteiger partial charge in [0.15, 0.2) is 6.61 Å². The van der Waals surface area contributed by atoms with E-state index >= 15 is 0 Å². The summed E-state index contributed by atoms with van der Waals surface area (Å²) in [6, 6.07) is 16.4. The molecular formula is C22H24N2O4. The van der Waals surface area contributed by atoms with Gasteiger partial charge in [0.2, 0.25) is 5.91 Å². The predicted octanol–water partition coefficient (Wildman–Crippen LogP) is 2.43. The van der Waals surface area contributed by atoms with Crippen molar-refractivity contribution in [2.45, 2.75) is 19.4 Å². The van der Waals surface area contributed by atoms with E-state index < -0.39 is 0 Å². The minimum absolute atomic E-state index is 0.0440. The molecule has 1 aliphatic rings. The molecule has 0 spiro atoms. The van der Waals surface area contributed by atoms with Crippen molar-refractivity contribution >= 4 is 18.1 Å². The fourth-order valence-corrected chi connectivity index (χ4v) is 3.20. The summed E-state index contributed by atoms with van der Waals surface area (Å²) in [6.45, 7) is 1.58. The average molecular weight is 380 g/mol. The number of piperidine rings is 1. The molecule has 0 radical (unpaired) electrons. The number of benzene rings is 2. The minimum atomic E-state index is -0.0948. The van der Waals surface area contributed by atoms with E-state index in [4.69, 9.17) is 4.74 Å². The summed E-state index contributed by atoms with van der Waals surface area (Å²) in [7, 11) is 0. The number of likely N-dealkylation sites (tertiary alicyclic amines) is 1. The highest BCUT2D eigenvalue weighted by molar-refractivity contribution is 5.80. The topological polar surface area (TPSA) is 75.7 Å². The monoisotopic (exact) mass is 380 g/mol. The Morgan fingerprint density at radius 1 is 1.04 bits per heavy atom. The fraction of sp³-hybridized carbons (Fsp3) is 0.318. The number of hydrogen-bond acceptors (Lipinski definition) is 4. The van der Waals surface area contributed by atoms with E-state index in [1.54, 1.807) is 29.2 Å². The van der Waals surface area contributed by atoms with E-state index in [9.17, 15) is 14.4 Å². The van der Waals surface area contributed by atoms with Crippen molar-refractivity contribution in [3.63, 3.8) is 0 Å². The number of carbonyl (C=O) groups excluding carboxylic acids is 3. The van der Waals surface area contributed by atoms with Crippen molar-refractivity contribution in [3.8, 4) is 5.75 Å². The highest BCUT2D eigenvalue weighted by atomic mass is 16.5. The smallest absolute Gasteiger partial charge is 0.260 e. The number of ether oxygens (including phenoxy) is 1. The van der Waals surface area contributed by atoms with Gasteiger partial charge in [0.1, 0.15) is 12.0 Å². The van der Waals surface area contributed by atoms with E-state index in [2.05, 4.69) is 5.32 Å². The Balaban J connectivity index is 1.39. The van der Waals surface area contributed by atoms with Crippen LogP contribution in [-0.2, 0) is 16.1 Å². The molecule has 146 valence electrons. The first-order valence-electron chi connectivity index (χ1n) is 9.43. The third-order valence-corrected chi connectivity index (χ3v) is 4.91. The lowest BCUT2D eigenvalue weighted by Gasteiger charge is -2.31. The Hall–Kier alpha value is -3.15. The summed E-state index contributed by atoms with van der Waals surface area (Å²) >= 11 is 0. The van der Waals surface area contributed by atoms with Crippen LogP contribution < -0.4 is 10.1 Å². The molecule has 0 aliphatic carbocycles. The van der Waals surface area contributed by atoms with Gasteiger partial charge >= 0.3 is 0 Å². The van der Waals surface area contributed by atoms with E-state index in [0.29, 0.717) is 43.8 Å². The molecule has 0 aromatic heterocycles. The molecule has 2 amide bonds. The van der Waals surface area contributed by atoms with Gasteiger partial charge in [0.25, 0.3) is 5.91 Å². The van der Waals surface area contributed by atoms with Gasteiger partial charge in [0, 0.05) is 31.1 Å². The maximum Gasteiger partial charge on any atom is 0.260 e. The van der Waals surface area contributed by atoms with E-state index in [0.717, 1.165) is 11.8 Å². The Morgan fingerprint density at radius 2 is 1.71 bits per heavy atom. The number of amides is 2. The second kappa shape index (κ2) is 9.69. The highest BCUT2D eigenvalue weighted by Gasteiger charge is 2.27. The normalized spacial score (nSPS) is 14.4. The van der Waals surface area contributed by atoms with Gasteiger partial charge in [-0.25, -0.2) is 0 Å². The Morgan fingerprint density at radius 3 is 2.36 bits per heavy atom. The first-order chi connectivity index (χ1) is 13.7. The lowest BCUT2D eigenvalue weighted by Crippen LogP contribution is -2.44. The fourth-order valence-electron chi connectivity index (χ4n) is 3.20. The van der Waals surface area contributed by atoms with Crippen LogP contribution in [0.1, 0.15) is 28.8 Å². The zero-order valence-electron chi connectivity index (χ0n) is 15.7. The van der Waals surface area contributed by atoms with E-state index in [-0.39, 0.29) is 24.3 Å². The number of rotatable bonds is 7. The molecule has 1 N–H and O–H groups in total. The molecule has 28 heavy (non-hydrogen) atoms. The molecule has 2 aromatic rings. The summed E-state index contributed by atoms with van der Waals surface area (Å²) in [5.74, 6) is 0.434. The van der Waals surface area contributed by atoms with Gasteiger partial charge in [-0.1, -0.05) is 30.3 Å². The van der Waals surface area contributed by atoms with Crippen LogP contribution in [0, 0.1) is 5.92 Å². The largest absolute Gasteiger partial charge is 0.484 e. The Kier molecular flexibility index (Phi) is 6.78. The molecule has 0 bridgehead atoms. The Labute approximate surface area is 164 Å². The van der Waals surface area contributed by atoms with Gasteiger partial charge in [-0.05, 0) is 42.7 Å². The molecule has 0 saturated carbocycles. The van der Waals surface area contributed by atoms with Crippen LogP contribution in [0.15, 0.2) is 54.6 Å². The number of hydrogen-bond donors (Lipinski definition) is 1. The van der Waals surface area contributed by atoms with Gasteiger partial charge in [-0.3, -0.25) is 14.4 Å². The van der Waals surface area contributed by atoms with Gasteiger partial charge in [0.05, 0.1) is 0 Å². The van der Waals surface area contributed by atoms with Crippen molar-refractivity contribution in [3.05, 3.63) is 65.7 Å². The first kappa shape index (κ1) is 19.6. The molecular weight excluding hydrogens is 356 g/mol.